The van der Waals surface area contributed by atoms with Crippen LogP contribution in [0.1, 0.15) is 31.3 Å². The number of ether oxygens (including phenoxy) is 1. The van der Waals surface area contributed by atoms with Gasteiger partial charge in [0.05, 0.1) is 12.8 Å². The Bertz CT molecular complexity index is 573. The topological polar surface area (TPSA) is 55.2 Å². The van der Waals surface area contributed by atoms with Crippen LogP contribution in [0.2, 0.25) is 0 Å². The predicted molar refractivity (Wildman–Crippen MR) is 68.5 cm³/mol. The highest BCUT2D eigenvalue weighted by Crippen LogP contribution is 2.25. The minimum Gasteiger partial charge on any atom is -0.454 e. The number of hydrogen-bond acceptors (Lipinski definition) is 4. The van der Waals surface area contributed by atoms with Crippen LogP contribution < -0.4 is 4.74 Å². The van der Waals surface area contributed by atoms with Gasteiger partial charge >= 0.3 is 0 Å². The second kappa shape index (κ2) is 5.75. The van der Waals surface area contributed by atoms with Crippen molar-refractivity contribution in [2.75, 3.05) is 0 Å². The maximum atomic E-state index is 13.1. The fraction of sp³-hybridized carbons (Fsp3) is 0.286. The molecule has 2 rings (SSSR count). The monoisotopic (exact) mass is 262 g/mol. The first-order chi connectivity index (χ1) is 9.10. The van der Waals surface area contributed by atoms with Crippen LogP contribution in [0.5, 0.6) is 11.5 Å². The fourth-order valence-corrected chi connectivity index (χ4v) is 1.56. The van der Waals surface area contributed by atoms with Gasteiger partial charge < -0.3 is 9.84 Å². The Morgan fingerprint density at radius 2 is 2.16 bits per heavy atom. The lowest BCUT2D eigenvalue weighted by Gasteiger charge is -2.11. The van der Waals surface area contributed by atoms with E-state index in [0.29, 0.717) is 23.0 Å². The second-order valence-electron chi connectivity index (χ2n) is 4.41. The number of nitrogens with zero attached hydrogens (tertiary/aromatic N) is 2. The molecule has 0 fully saturated rings. The molecule has 0 saturated carbocycles. The van der Waals surface area contributed by atoms with E-state index >= 15 is 0 Å². The van der Waals surface area contributed by atoms with Gasteiger partial charge in [-0.15, -0.1) is 0 Å². The number of hydrogen-bond donors (Lipinski definition) is 1. The normalized spacial score (nSPS) is 10.8. The van der Waals surface area contributed by atoms with Crippen LogP contribution in [-0.2, 0) is 6.61 Å². The molecule has 0 aliphatic rings. The Kier molecular flexibility index (Phi) is 4.06. The Morgan fingerprint density at radius 3 is 2.79 bits per heavy atom. The standard InChI is InChI=1S/C14H15FN2O2/c1-9(2)14-16-7-13(12(8-18)17-14)19-11-5-3-4-10(15)6-11/h3-7,9,18H,8H2,1-2H3. The van der Waals surface area contributed by atoms with E-state index in [1.807, 2.05) is 13.8 Å². The maximum Gasteiger partial charge on any atom is 0.169 e. The molecule has 1 aromatic carbocycles. The SMILES string of the molecule is CC(C)c1ncc(Oc2cccc(F)c2)c(CO)n1. The molecule has 0 spiro atoms. The Hall–Kier alpha value is -2.01. The first-order valence-corrected chi connectivity index (χ1v) is 6.00. The average molecular weight is 262 g/mol. The van der Waals surface area contributed by atoms with Gasteiger partial charge in [-0.3, -0.25) is 0 Å². The summed E-state index contributed by atoms with van der Waals surface area (Å²) in [5.74, 6) is 1.08. The Morgan fingerprint density at radius 1 is 1.37 bits per heavy atom. The number of benzene rings is 1. The summed E-state index contributed by atoms with van der Waals surface area (Å²) in [6.45, 7) is 3.67. The smallest absolute Gasteiger partial charge is 0.169 e. The zero-order valence-corrected chi connectivity index (χ0v) is 10.8. The van der Waals surface area contributed by atoms with Crippen molar-refractivity contribution in [3.05, 3.63) is 47.8 Å². The van der Waals surface area contributed by atoms with Crippen LogP contribution in [0.25, 0.3) is 0 Å². The van der Waals surface area contributed by atoms with E-state index in [-0.39, 0.29) is 18.3 Å². The van der Waals surface area contributed by atoms with Crippen molar-refractivity contribution in [3.63, 3.8) is 0 Å². The summed E-state index contributed by atoms with van der Waals surface area (Å²) in [6, 6.07) is 5.77. The quantitative estimate of drug-likeness (QED) is 0.920. The molecule has 1 aromatic heterocycles. The molecule has 0 aliphatic heterocycles. The van der Waals surface area contributed by atoms with Gasteiger partial charge in [0, 0.05) is 12.0 Å². The lowest BCUT2D eigenvalue weighted by atomic mass is 10.2. The van der Waals surface area contributed by atoms with Gasteiger partial charge in [0.2, 0.25) is 0 Å². The van der Waals surface area contributed by atoms with Crippen LogP contribution in [0.15, 0.2) is 30.5 Å². The van der Waals surface area contributed by atoms with Crippen LogP contribution in [-0.4, -0.2) is 15.1 Å². The third-order valence-corrected chi connectivity index (χ3v) is 2.54. The van der Waals surface area contributed by atoms with E-state index in [1.54, 1.807) is 12.1 Å². The van der Waals surface area contributed by atoms with Gasteiger partial charge in [-0.05, 0) is 12.1 Å². The van der Waals surface area contributed by atoms with Crippen molar-refractivity contribution in [1.29, 1.82) is 0 Å². The molecule has 0 unspecified atom stereocenters. The minimum atomic E-state index is -0.386. The summed E-state index contributed by atoms with van der Waals surface area (Å²) in [6.07, 6.45) is 1.50. The zero-order valence-electron chi connectivity index (χ0n) is 10.8. The van der Waals surface area contributed by atoms with E-state index in [2.05, 4.69) is 9.97 Å². The molecule has 0 saturated heterocycles. The molecule has 4 nitrogen and oxygen atoms in total. The molecule has 1 heterocycles. The molecule has 0 bridgehead atoms. The first-order valence-electron chi connectivity index (χ1n) is 6.00. The summed E-state index contributed by atoms with van der Waals surface area (Å²) in [5, 5.41) is 9.31. The van der Waals surface area contributed by atoms with E-state index in [0.717, 1.165) is 0 Å². The summed E-state index contributed by atoms with van der Waals surface area (Å²) < 4.78 is 18.6. The number of aliphatic hydroxyl groups excluding tert-OH is 1. The zero-order chi connectivity index (χ0) is 13.8. The van der Waals surface area contributed by atoms with Gasteiger partial charge in [0.15, 0.2) is 5.75 Å². The van der Waals surface area contributed by atoms with Gasteiger partial charge in [0.25, 0.3) is 0 Å². The highest BCUT2D eigenvalue weighted by Gasteiger charge is 2.11. The molecule has 0 atom stereocenters. The van der Waals surface area contributed by atoms with Gasteiger partial charge in [0.1, 0.15) is 23.1 Å². The summed E-state index contributed by atoms with van der Waals surface area (Å²) in [4.78, 5) is 8.39. The maximum absolute atomic E-state index is 13.1. The largest absolute Gasteiger partial charge is 0.454 e. The van der Waals surface area contributed by atoms with Gasteiger partial charge in [-0.2, -0.15) is 0 Å². The summed E-state index contributed by atoms with van der Waals surface area (Å²) >= 11 is 0. The molecular formula is C14H15FN2O2. The molecule has 19 heavy (non-hydrogen) atoms. The van der Waals surface area contributed by atoms with Crippen LogP contribution >= 0.6 is 0 Å². The molecular weight excluding hydrogens is 247 g/mol. The molecule has 5 heteroatoms. The van der Waals surface area contributed by atoms with Gasteiger partial charge in [-0.1, -0.05) is 19.9 Å². The Balaban J connectivity index is 2.29. The van der Waals surface area contributed by atoms with E-state index in [9.17, 15) is 9.50 Å². The van der Waals surface area contributed by atoms with Crippen molar-refractivity contribution in [3.8, 4) is 11.5 Å². The molecule has 1 N–H and O–H groups in total. The van der Waals surface area contributed by atoms with Crippen LogP contribution in [0, 0.1) is 5.82 Å². The number of aliphatic hydroxyl groups is 1. The number of rotatable bonds is 4. The Labute approximate surface area is 110 Å². The third-order valence-electron chi connectivity index (χ3n) is 2.54. The van der Waals surface area contributed by atoms with Crippen LogP contribution in [0.3, 0.4) is 0 Å². The molecule has 2 aromatic rings. The van der Waals surface area contributed by atoms with Crippen molar-refractivity contribution >= 4 is 0 Å². The number of halogens is 1. The molecule has 0 amide bonds. The van der Waals surface area contributed by atoms with Crippen molar-refractivity contribution < 1.29 is 14.2 Å². The highest BCUT2D eigenvalue weighted by atomic mass is 19.1. The molecule has 100 valence electrons. The van der Waals surface area contributed by atoms with Gasteiger partial charge in [-0.25, -0.2) is 14.4 Å². The fourth-order valence-electron chi connectivity index (χ4n) is 1.56. The van der Waals surface area contributed by atoms with E-state index < -0.39 is 0 Å². The second-order valence-corrected chi connectivity index (χ2v) is 4.41. The third kappa shape index (κ3) is 3.26. The lowest BCUT2D eigenvalue weighted by molar-refractivity contribution is 0.269. The average Bonchev–Trinajstić information content (AvgIpc) is 2.39. The molecule has 0 radical (unpaired) electrons. The first kappa shape index (κ1) is 13.4. The van der Waals surface area contributed by atoms with Crippen LogP contribution in [0.4, 0.5) is 4.39 Å². The lowest BCUT2D eigenvalue weighted by Crippen LogP contribution is -2.03. The van der Waals surface area contributed by atoms with E-state index in [1.165, 1.54) is 18.3 Å². The minimum absolute atomic E-state index is 0.161. The number of aromatic nitrogens is 2. The van der Waals surface area contributed by atoms with E-state index in [4.69, 9.17) is 4.74 Å². The summed E-state index contributed by atoms with van der Waals surface area (Å²) in [5.41, 5.74) is 0.392. The highest BCUT2D eigenvalue weighted by molar-refractivity contribution is 5.32. The van der Waals surface area contributed by atoms with Crippen molar-refractivity contribution in [1.82, 2.24) is 9.97 Å². The van der Waals surface area contributed by atoms with Crippen molar-refractivity contribution in [2.45, 2.75) is 26.4 Å². The predicted octanol–water partition coefficient (Wildman–Crippen LogP) is 3.02. The van der Waals surface area contributed by atoms with Crippen molar-refractivity contribution in [2.24, 2.45) is 0 Å². The molecule has 0 aliphatic carbocycles. The summed E-state index contributed by atoms with van der Waals surface area (Å²) in [7, 11) is 0.